The minimum Gasteiger partial charge on any atom is -0.496 e. The molecule has 0 saturated carbocycles. The van der Waals surface area contributed by atoms with E-state index in [9.17, 15) is 8.42 Å². The topological polar surface area (TPSA) is 59.1 Å². The number of rotatable bonds is 5. The first-order chi connectivity index (χ1) is 12.5. The molecule has 26 heavy (non-hydrogen) atoms. The summed E-state index contributed by atoms with van der Waals surface area (Å²) in [5, 5.41) is 0. The fourth-order valence-electron chi connectivity index (χ4n) is 3.02. The molecule has 3 rings (SSSR count). The second kappa shape index (κ2) is 8.01. The number of para-hydroxylation sites is 2. The van der Waals surface area contributed by atoms with Crippen molar-refractivity contribution >= 4 is 38.3 Å². The van der Waals surface area contributed by atoms with Gasteiger partial charge in [0.2, 0.25) is 10.0 Å². The molecule has 0 aliphatic carbocycles. The van der Waals surface area contributed by atoms with Gasteiger partial charge in [0, 0.05) is 26.2 Å². The maximum Gasteiger partial charge on any atom is 0.243 e. The zero-order valence-electron chi connectivity index (χ0n) is 14.7. The van der Waals surface area contributed by atoms with Crippen molar-refractivity contribution in [1.29, 1.82) is 0 Å². The number of hydrogen-bond acceptors (Lipinski definition) is 5. The molecule has 1 aliphatic heterocycles. The average molecular weight is 488 g/mol. The Morgan fingerprint density at radius 3 is 2.19 bits per heavy atom. The molecule has 2 aromatic rings. The Kier molecular flexibility index (Phi) is 5.93. The summed E-state index contributed by atoms with van der Waals surface area (Å²) in [6.07, 6.45) is 0. The van der Waals surface area contributed by atoms with Gasteiger partial charge in [0.1, 0.15) is 11.5 Å². The molecule has 0 N–H and O–H groups in total. The van der Waals surface area contributed by atoms with Gasteiger partial charge in [0.25, 0.3) is 0 Å². The summed E-state index contributed by atoms with van der Waals surface area (Å²) < 4.78 is 38.8. The van der Waals surface area contributed by atoms with Crippen LogP contribution in [-0.4, -0.2) is 53.1 Å². The highest BCUT2D eigenvalue weighted by Gasteiger charge is 2.29. The maximum atomic E-state index is 12.9. The Balaban J connectivity index is 1.75. The molecule has 0 unspecified atom stereocenters. The average Bonchev–Trinajstić information content (AvgIpc) is 2.68. The van der Waals surface area contributed by atoms with E-state index in [2.05, 4.69) is 27.5 Å². The first kappa shape index (κ1) is 19.2. The molecule has 6 nitrogen and oxygen atoms in total. The number of halogens is 1. The molecule has 0 spiro atoms. The zero-order valence-corrected chi connectivity index (χ0v) is 17.7. The monoisotopic (exact) mass is 488 g/mol. The fourth-order valence-corrected chi connectivity index (χ4v) is 5.41. The molecule has 1 aliphatic rings. The molecule has 8 heteroatoms. The molecule has 0 bridgehead atoms. The number of methoxy groups -OCH3 is 2. The molecule has 1 fully saturated rings. The van der Waals surface area contributed by atoms with Gasteiger partial charge in [-0.25, -0.2) is 8.42 Å². The zero-order chi connectivity index (χ0) is 18.7. The molecule has 0 aromatic heterocycles. The summed E-state index contributed by atoms with van der Waals surface area (Å²) in [4.78, 5) is 2.45. The van der Waals surface area contributed by atoms with Crippen LogP contribution >= 0.6 is 22.6 Å². The molecule has 0 atom stereocenters. The second-order valence-corrected chi connectivity index (χ2v) is 8.96. The van der Waals surface area contributed by atoms with Crippen molar-refractivity contribution in [2.75, 3.05) is 45.3 Å². The van der Waals surface area contributed by atoms with Gasteiger partial charge in [0.05, 0.1) is 28.4 Å². The third kappa shape index (κ3) is 3.77. The van der Waals surface area contributed by atoms with E-state index >= 15 is 0 Å². The summed E-state index contributed by atoms with van der Waals surface area (Å²) in [5.41, 5.74) is 0.992. The van der Waals surface area contributed by atoms with Crippen molar-refractivity contribution in [3.8, 4) is 11.5 Å². The molecule has 2 aromatic carbocycles. The summed E-state index contributed by atoms with van der Waals surface area (Å²) in [7, 11) is -0.300. The third-order valence-corrected chi connectivity index (χ3v) is 7.16. The van der Waals surface area contributed by atoms with E-state index in [0.29, 0.717) is 36.8 Å². The van der Waals surface area contributed by atoms with Crippen LogP contribution in [0.4, 0.5) is 5.69 Å². The van der Waals surface area contributed by atoms with Crippen LogP contribution in [0.3, 0.4) is 0 Å². The largest absolute Gasteiger partial charge is 0.496 e. The van der Waals surface area contributed by atoms with Crippen LogP contribution in [0, 0.1) is 3.57 Å². The first-order valence-electron chi connectivity index (χ1n) is 8.19. The molecule has 1 heterocycles. The van der Waals surface area contributed by atoms with Crippen molar-refractivity contribution in [3.05, 3.63) is 46.0 Å². The van der Waals surface area contributed by atoms with Crippen LogP contribution in [0.2, 0.25) is 0 Å². The molecule has 0 amide bonds. The Labute approximate surface area is 167 Å². The number of anilines is 1. The van der Waals surface area contributed by atoms with Gasteiger partial charge in [-0.3, -0.25) is 0 Å². The highest BCUT2D eigenvalue weighted by atomic mass is 127. The Morgan fingerprint density at radius 2 is 1.58 bits per heavy atom. The lowest BCUT2D eigenvalue weighted by atomic mass is 10.2. The molecular weight excluding hydrogens is 467 g/mol. The summed E-state index contributed by atoms with van der Waals surface area (Å²) in [5.74, 6) is 1.47. The van der Waals surface area contributed by atoms with Crippen LogP contribution in [0.5, 0.6) is 11.5 Å². The summed E-state index contributed by atoms with van der Waals surface area (Å²) >= 11 is 2.09. The van der Waals surface area contributed by atoms with Crippen molar-refractivity contribution in [3.63, 3.8) is 0 Å². The van der Waals surface area contributed by atoms with Gasteiger partial charge in [0.15, 0.2) is 0 Å². The molecule has 140 valence electrons. The number of nitrogens with zero attached hydrogens (tertiary/aromatic N) is 2. The van der Waals surface area contributed by atoms with Crippen LogP contribution in [0.15, 0.2) is 47.4 Å². The van der Waals surface area contributed by atoms with Gasteiger partial charge in [-0.15, -0.1) is 0 Å². The van der Waals surface area contributed by atoms with E-state index in [-0.39, 0.29) is 0 Å². The summed E-state index contributed by atoms with van der Waals surface area (Å²) in [6, 6.07) is 12.7. The van der Waals surface area contributed by atoms with Crippen LogP contribution in [0.25, 0.3) is 0 Å². The Morgan fingerprint density at radius 1 is 0.923 bits per heavy atom. The molecular formula is C18H21IN2O4S. The molecule has 0 radical (unpaired) electrons. The maximum absolute atomic E-state index is 12.9. The number of ether oxygens (including phenoxy) is 2. The SMILES string of the molecule is COc1ccc(S(=O)(=O)N2CCN(c3ccccc3OC)CC2)cc1I. The first-order valence-corrected chi connectivity index (χ1v) is 10.7. The number of hydrogen-bond donors (Lipinski definition) is 0. The Bertz CT molecular complexity index is 881. The van der Waals surface area contributed by atoms with Gasteiger partial charge in [-0.2, -0.15) is 4.31 Å². The highest BCUT2D eigenvalue weighted by molar-refractivity contribution is 14.1. The smallest absolute Gasteiger partial charge is 0.243 e. The van der Waals surface area contributed by atoms with Crippen molar-refractivity contribution < 1.29 is 17.9 Å². The summed E-state index contributed by atoms with van der Waals surface area (Å²) in [6.45, 7) is 2.10. The van der Waals surface area contributed by atoms with Crippen LogP contribution in [0.1, 0.15) is 0 Å². The number of sulfonamides is 1. The molecule has 1 saturated heterocycles. The van der Waals surface area contributed by atoms with E-state index in [1.807, 2.05) is 24.3 Å². The van der Waals surface area contributed by atoms with Gasteiger partial charge in [-0.05, 0) is 52.9 Å². The van der Waals surface area contributed by atoms with E-state index in [1.165, 1.54) is 4.31 Å². The van der Waals surface area contributed by atoms with E-state index in [1.54, 1.807) is 32.4 Å². The van der Waals surface area contributed by atoms with Crippen LogP contribution < -0.4 is 14.4 Å². The highest BCUT2D eigenvalue weighted by Crippen LogP contribution is 2.30. The fraction of sp³-hybridized carbons (Fsp3) is 0.333. The van der Waals surface area contributed by atoms with Gasteiger partial charge >= 0.3 is 0 Å². The normalized spacial score (nSPS) is 15.7. The third-order valence-electron chi connectivity index (χ3n) is 4.43. The standard InChI is InChI=1S/C18H21IN2O4S/c1-24-17-8-7-14(13-15(17)19)26(22,23)21-11-9-20(10-12-21)16-5-3-4-6-18(16)25-2/h3-8,13H,9-12H2,1-2H3. The Hall–Kier alpha value is -1.52. The lowest BCUT2D eigenvalue weighted by Gasteiger charge is -2.36. The van der Waals surface area contributed by atoms with Gasteiger partial charge < -0.3 is 14.4 Å². The number of piperazine rings is 1. The predicted molar refractivity (Wildman–Crippen MR) is 110 cm³/mol. The van der Waals surface area contributed by atoms with Crippen molar-refractivity contribution in [2.45, 2.75) is 4.90 Å². The lowest BCUT2D eigenvalue weighted by Crippen LogP contribution is -2.48. The van der Waals surface area contributed by atoms with Crippen molar-refractivity contribution in [2.24, 2.45) is 0 Å². The minimum atomic E-state index is -3.52. The van der Waals surface area contributed by atoms with E-state index in [0.717, 1.165) is 15.0 Å². The number of benzene rings is 2. The second-order valence-electron chi connectivity index (χ2n) is 5.86. The van der Waals surface area contributed by atoms with E-state index in [4.69, 9.17) is 9.47 Å². The predicted octanol–water partition coefficient (Wildman–Crippen LogP) is 2.82. The van der Waals surface area contributed by atoms with Gasteiger partial charge in [-0.1, -0.05) is 12.1 Å². The van der Waals surface area contributed by atoms with Crippen molar-refractivity contribution in [1.82, 2.24) is 4.31 Å². The minimum absolute atomic E-state index is 0.299. The van der Waals surface area contributed by atoms with Crippen LogP contribution in [-0.2, 0) is 10.0 Å². The van der Waals surface area contributed by atoms with E-state index < -0.39 is 10.0 Å². The lowest BCUT2D eigenvalue weighted by molar-refractivity contribution is 0.378. The quantitative estimate of drug-likeness (QED) is 0.607.